The van der Waals surface area contributed by atoms with Crippen molar-refractivity contribution in [3.63, 3.8) is 0 Å². The van der Waals surface area contributed by atoms with Crippen molar-refractivity contribution in [2.24, 2.45) is 5.92 Å². The van der Waals surface area contributed by atoms with Crippen LogP contribution in [0.15, 0.2) is 60.2 Å². The summed E-state index contributed by atoms with van der Waals surface area (Å²) in [6.07, 6.45) is 6.06. The molecule has 1 N–H and O–H groups in total. The number of amides is 1. The first-order valence-corrected chi connectivity index (χ1v) is 8.80. The van der Waals surface area contributed by atoms with E-state index in [-0.39, 0.29) is 23.2 Å². The third-order valence-corrected chi connectivity index (χ3v) is 3.73. The molecule has 0 aliphatic carbocycles. The maximum atomic E-state index is 13.2. The summed E-state index contributed by atoms with van der Waals surface area (Å²) in [5, 5.41) is 3.00. The fourth-order valence-corrected chi connectivity index (χ4v) is 2.15. The zero-order valence-electron chi connectivity index (χ0n) is 16.3. The third kappa shape index (κ3) is 7.53. The summed E-state index contributed by atoms with van der Waals surface area (Å²) in [4.78, 5) is 12.6. The van der Waals surface area contributed by atoms with Crippen molar-refractivity contribution >= 4 is 5.91 Å². The van der Waals surface area contributed by atoms with Gasteiger partial charge in [0.05, 0.1) is 0 Å². The van der Waals surface area contributed by atoms with Crippen LogP contribution in [0, 0.1) is 23.6 Å². The molecule has 26 heavy (non-hydrogen) atoms. The minimum atomic E-state index is -0.321. The Balaban J connectivity index is 3.13. The molecular formula is C23H28FNO. The van der Waals surface area contributed by atoms with Crippen molar-refractivity contribution in [1.82, 2.24) is 5.32 Å². The molecule has 1 amide bonds. The van der Waals surface area contributed by atoms with E-state index in [9.17, 15) is 9.18 Å². The Morgan fingerprint density at radius 3 is 2.58 bits per heavy atom. The molecule has 3 heteroatoms. The standard InChI is InChI=1S/C23H28FNO/c1-7-17(3)21(22(26)25-23(4,5)6)15-14-18(8-2)12-13-19-10-9-11-20(24)16-19/h8-11,14-17H,2,7H2,1,3-6H3,(H,25,26). The quantitative estimate of drug-likeness (QED) is 0.441. The molecule has 1 atom stereocenters. The zero-order valence-corrected chi connectivity index (χ0v) is 16.3. The highest BCUT2D eigenvalue weighted by molar-refractivity contribution is 5.94. The maximum absolute atomic E-state index is 13.2. The molecule has 1 rings (SSSR count). The Morgan fingerprint density at radius 2 is 2.04 bits per heavy atom. The summed E-state index contributed by atoms with van der Waals surface area (Å²) in [7, 11) is 0. The first-order chi connectivity index (χ1) is 12.2. The van der Waals surface area contributed by atoms with Crippen LogP contribution < -0.4 is 5.32 Å². The van der Waals surface area contributed by atoms with E-state index in [1.807, 2.05) is 34.6 Å². The lowest BCUT2D eigenvalue weighted by atomic mass is 9.95. The second kappa shape index (κ2) is 9.77. The fraction of sp³-hybridized carbons (Fsp3) is 0.348. The van der Waals surface area contributed by atoms with E-state index in [1.165, 1.54) is 12.1 Å². The Morgan fingerprint density at radius 1 is 1.35 bits per heavy atom. The summed E-state index contributed by atoms with van der Waals surface area (Å²) in [6, 6.07) is 6.12. The van der Waals surface area contributed by atoms with Crippen LogP contribution in [0.3, 0.4) is 0 Å². The molecule has 0 aliphatic rings. The van der Waals surface area contributed by atoms with Crippen LogP contribution in [-0.4, -0.2) is 11.4 Å². The average molecular weight is 353 g/mol. The Labute approximate surface area is 156 Å². The normalized spacial score (nSPS) is 13.5. The van der Waals surface area contributed by atoms with Crippen molar-refractivity contribution in [2.45, 2.75) is 46.6 Å². The summed E-state index contributed by atoms with van der Waals surface area (Å²) >= 11 is 0. The monoisotopic (exact) mass is 353 g/mol. The molecule has 0 radical (unpaired) electrons. The maximum Gasteiger partial charge on any atom is 0.247 e. The van der Waals surface area contributed by atoms with Crippen LogP contribution in [0.2, 0.25) is 0 Å². The molecule has 138 valence electrons. The molecule has 0 aromatic heterocycles. The molecule has 0 saturated heterocycles. The number of halogens is 1. The number of hydrogen-bond donors (Lipinski definition) is 1. The lowest BCUT2D eigenvalue weighted by Gasteiger charge is -2.23. The van der Waals surface area contributed by atoms with E-state index in [0.717, 1.165) is 6.42 Å². The lowest BCUT2D eigenvalue weighted by Crippen LogP contribution is -2.42. The van der Waals surface area contributed by atoms with Gasteiger partial charge in [-0.25, -0.2) is 4.39 Å². The summed E-state index contributed by atoms with van der Waals surface area (Å²) < 4.78 is 13.2. The van der Waals surface area contributed by atoms with Gasteiger partial charge in [-0.1, -0.05) is 50.5 Å². The first kappa shape index (κ1) is 21.4. The Bertz CT molecular complexity index is 769. The predicted molar refractivity (Wildman–Crippen MR) is 107 cm³/mol. The van der Waals surface area contributed by atoms with Gasteiger partial charge in [0.2, 0.25) is 5.91 Å². The number of rotatable bonds is 5. The molecule has 0 heterocycles. The Kier molecular flexibility index (Phi) is 8.06. The zero-order chi connectivity index (χ0) is 19.7. The highest BCUT2D eigenvalue weighted by Crippen LogP contribution is 2.17. The van der Waals surface area contributed by atoms with E-state index in [2.05, 4.69) is 23.7 Å². The van der Waals surface area contributed by atoms with Crippen LogP contribution >= 0.6 is 0 Å². The molecule has 0 aliphatic heterocycles. The fourth-order valence-electron chi connectivity index (χ4n) is 2.15. The van der Waals surface area contributed by atoms with Crippen molar-refractivity contribution in [2.75, 3.05) is 0 Å². The van der Waals surface area contributed by atoms with E-state index in [4.69, 9.17) is 0 Å². The number of benzene rings is 1. The van der Waals surface area contributed by atoms with Crippen molar-refractivity contribution in [3.05, 3.63) is 71.6 Å². The van der Waals surface area contributed by atoms with E-state index in [1.54, 1.807) is 30.4 Å². The van der Waals surface area contributed by atoms with Gasteiger partial charge in [0.25, 0.3) is 0 Å². The second-order valence-electron chi connectivity index (χ2n) is 7.22. The van der Waals surface area contributed by atoms with E-state index in [0.29, 0.717) is 16.7 Å². The van der Waals surface area contributed by atoms with Gasteiger partial charge in [-0.15, -0.1) is 0 Å². The second-order valence-corrected chi connectivity index (χ2v) is 7.22. The molecule has 0 bridgehead atoms. The lowest BCUT2D eigenvalue weighted by molar-refractivity contribution is -0.119. The molecular weight excluding hydrogens is 325 g/mol. The minimum absolute atomic E-state index is 0.0791. The number of nitrogens with one attached hydrogen (secondary N) is 1. The molecule has 1 aromatic rings. The van der Waals surface area contributed by atoms with Gasteiger partial charge < -0.3 is 5.32 Å². The SMILES string of the molecule is C=CC(C#Cc1cccc(F)c1)=CC=C(C(=O)NC(C)(C)C)C(C)CC. The van der Waals surface area contributed by atoms with Crippen LogP contribution in [0.5, 0.6) is 0 Å². The molecule has 0 fully saturated rings. The van der Waals surface area contributed by atoms with E-state index < -0.39 is 0 Å². The third-order valence-electron chi connectivity index (χ3n) is 3.73. The molecule has 0 spiro atoms. The molecule has 0 saturated carbocycles. The number of allylic oxidation sites excluding steroid dienone is 4. The largest absolute Gasteiger partial charge is 0.348 e. The molecule has 1 aromatic carbocycles. The summed E-state index contributed by atoms with van der Waals surface area (Å²) in [6.45, 7) is 13.7. The summed E-state index contributed by atoms with van der Waals surface area (Å²) in [5.41, 5.74) is 1.66. The first-order valence-electron chi connectivity index (χ1n) is 8.80. The van der Waals surface area contributed by atoms with Crippen molar-refractivity contribution in [3.8, 4) is 11.8 Å². The topological polar surface area (TPSA) is 29.1 Å². The Hall–Kier alpha value is -2.60. The molecule has 1 unspecified atom stereocenters. The number of carbonyl (C=O) groups is 1. The van der Waals surface area contributed by atoms with Crippen LogP contribution in [-0.2, 0) is 4.79 Å². The van der Waals surface area contributed by atoms with Gasteiger partial charge in [0.1, 0.15) is 5.82 Å². The van der Waals surface area contributed by atoms with Crippen LogP contribution in [0.4, 0.5) is 4.39 Å². The van der Waals surface area contributed by atoms with E-state index >= 15 is 0 Å². The number of carbonyl (C=O) groups excluding carboxylic acids is 1. The van der Waals surface area contributed by atoms with Gasteiger partial charge in [-0.3, -0.25) is 4.79 Å². The average Bonchev–Trinajstić information content (AvgIpc) is 2.55. The van der Waals surface area contributed by atoms with Gasteiger partial charge >= 0.3 is 0 Å². The highest BCUT2D eigenvalue weighted by Gasteiger charge is 2.20. The number of hydrogen-bond acceptors (Lipinski definition) is 1. The van der Waals surface area contributed by atoms with Crippen molar-refractivity contribution in [1.29, 1.82) is 0 Å². The minimum Gasteiger partial charge on any atom is -0.348 e. The van der Waals surface area contributed by atoms with Gasteiger partial charge in [0, 0.05) is 22.2 Å². The summed E-state index contributed by atoms with van der Waals surface area (Å²) in [5.74, 6) is 5.60. The van der Waals surface area contributed by atoms with Gasteiger partial charge in [0.15, 0.2) is 0 Å². The van der Waals surface area contributed by atoms with Crippen molar-refractivity contribution < 1.29 is 9.18 Å². The highest BCUT2D eigenvalue weighted by atomic mass is 19.1. The molecule has 2 nitrogen and oxygen atoms in total. The van der Waals surface area contributed by atoms with Crippen LogP contribution in [0.25, 0.3) is 0 Å². The predicted octanol–water partition coefficient (Wildman–Crippen LogP) is 5.18. The smallest absolute Gasteiger partial charge is 0.247 e. The van der Waals surface area contributed by atoms with Gasteiger partial charge in [-0.2, -0.15) is 0 Å². The van der Waals surface area contributed by atoms with Gasteiger partial charge in [-0.05, 0) is 57.4 Å². The van der Waals surface area contributed by atoms with Crippen LogP contribution in [0.1, 0.15) is 46.6 Å².